The van der Waals surface area contributed by atoms with Crippen molar-refractivity contribution < 1.29 is 14.3 Å². The number of amides is 2. The molecule has 2 heterocycles. The third-order valence-corrected chi connectivity index (χ3v) is 5.84. The summed E-state index contributed by atoms with van der Waals surface area (Å²) >= 11 is 0. The van der Waals surface area contributed by atoms with E-state index in [1.54, 1.807) is 0 Å². The normalized spacial score (nSPS) is 16.0. The first-order valence-electron chi connectivity index (χ1n) is 11.2. The highest BCUT2D eigenvalue weighted by molar-refractivity contribution is 6.06. The van der Waals surface area contributed by atoms with Gasteiger partial charge in [0.15, 0.2) is 0 Å². The first kappa shape index (κ1) is 21.4. The first-order valence-corrected chi connectivity index (χ1v) is 11.2. The van der Waals surface area contributed by atoms with Crippen molar-refractivity contribution in [1.29, 1.82) is 0 Å². The molecule has 0 aromatic heterocycles. The van der Waals surface area contributed by atoms with E-state index < -0.39 is 0 Å². The number of benzene rings is 2. The SMILES string of the molecule is CC(C)COC(=O)CCc1ccc(N2CCN(c3ccc4c(c3)CCNC4)C2=O)cc1. The van der Waals surface area contributed by atoms with E-state index in [9.17, 15) is 9.59 Å². The molecule has 164 valence electrons. The maximum Gasteiger partial charge on any atom is 0.329 e. The lowest BCUT2D eigenvalue weighted by atomic mass is 10.0. The van der Waals surface area contributed by atoms with Crippen LogP contribution in [0.15, 0.2) is 42.5 Å². The summed E-state index contributed by atoms with van der Waals surface area (Å²) in [5.41, 5.74) is 5.59. The number of anilines is 2. The lowest BCUT2D eigenvalue weighted by molar-refractivity contribution is -0.144. The molecule has 1 fully saturated rings. The maximum absolute atomic E-state index is 13.1. The standard InChI is InChI=1S/C25H31N3O3/c1-18(2)17-31-24(29)10-5-19-3-7-22(8-4-19)27-13-14-28(25(27)30)23-9-6-21-16-26-12-11-20(21)15-23/h3-4,6-9,15,18,26H,5,10-14,16-17H2,1-2H3. The Balaban J connectivity index is 1.36. The van der Waals surface area contributed by atoms with Crippen LogP contribution in [0.2, 0.25) is 0 Å². The molecule has 0 spiro atoms. The fourth-order valence-electron chi connectivity index (χ4n) is 4.07. The molecular formula is C25H31N3O3. The van der Waals surface area contributed by atoms with Gasteiger partial charge in [0.05, 0.1) is 6.61 Å². The predicted molar refractivity (Wildman–Crippen MR) is 123 cm³/mol. The molecule has 0 bridgehead atoms. The van der Waals surface area contributed by atoms with Crippen LogP contribution in [-0.2, 0) is 28.9 Å². The van der Waals surface area contributed by atoms with Gasteiger partial charge in [0.25, 0.3) is 0 Å². The lowest BCUT2D eigenvalue weighted by Crippen LogP contribution is -2.32. The number of nitrogens with one attached hydrogen (secondary N) is 1. The minimum absolute atomic E-state index is 0.0129. The predicted octanol–water partition coefficient (Wildman–Crippen LogP) is 3.91. The highest BCUT2D eigenvalue weighted by atomic mass is 16.5. The zero-order valence-electron chi connectivity index (χ0n) is 18.4. The molecule has 4 rings (SSSR count). The molecule has 2 aromatic rings. The van der Waals surface area contributed by atoms with Crippen molar-refractivity contribution in [3.8, 4) is 0 Å². The van der Waals surface area contributed by atoms with Crippen LogP contribution in [0.3, 0.4) is 0 Å². The van der Waals surface area contributed by atoms with E-state index in [0.717, 1.165) is 36.4 Å². The summed E-state index contributed by atoms with van der Waals surface area (Å²) < 4.78 is 5.23. The molecule has 1 saturated heterocycles. The summed E-state index contributed by atoms with van der Waals surface area (Å²) in [4.78, 5) is 28.6. The molecule has 6 heteroatoms. The highest BCUT2D eigenvalue weighted by Gasteiger charge is 2.31. The number of urea groups is 1. The van der Waals surface area contributed by atoms with Gasteiger partial charge in [0.2, 0.25) is 0 Å². The second-order valence-electron chi connectivity index (χ2n) is 8.71. The summed E-state index contributed by atoms with van der Waals surface area (Å²) in [6, 6.07) is 14.3. The lowest BCUT2D eigenvalue weighted by Gasteiger charge is -2.22. The average molecular weight is 422 g/mol. The van der Waals surface area contributed by atoms with Gasteiger partial charge in [-0.2, -0.15) is 0 Å². The number of nitrogens with zero attached hydrogens (tertiary/aromatic N) is 2. The molecule has 2 amide bonds. The van der Waals surface area contributed by atoms with Crippen LogP contribution >= 0.6 is 0 Å². The molecule has 1 N–H and O–H groups in total. The van der Waals surface area contributed by atoms with Gasteiger partial charge in [0, 0.05) is 37.4 Å². The minimum Gasteiger partial charge on any atom is -0.465 e. The Bertz CT molecular complexity index is 940. The fraction of sp³-hybridized carbons (Fsp3) is 0.440. The highest BCUT2D eigenvalue weighted by Crippen LogP contribution is 2.28. The molecule has 31 heavy (non-hydrogen) atoms. The van der Waals surface area contributed by atoms with Gasteiger partial charge in [-0.1, -0.05) is 32.0 Å². The van der Waals surface area contributed by atoms with Crippen LogP contribution in [0.5, 0.6) is 0 Å². The Hall–Kier alpha value is -2.86. The summed E-state index contributed by atoms with van der Waals surface area (Å²) in [6.07, 6.45) is 2.01. The van der Waals surface area contributed by atoms with Crippen molar-refractivity contribution in [2.75, 3.05) is 36.0 Å². The first-order chi connectivity index (χ1) is 15.0. The number of carbonyl (C=O) groups excluding carboxylic acids is 2. The number of rotatable bonds is 7. The van der Waals surface area contributed by atoms with Gasteiger partial charge >= 0.3 is 12.0 Å². The fourth-order valence-corrected chi connectivity index (χ4v) is 4.07. The second kappa shape index (κ2) is 9.52. The number of carbonyl (C=O) groups is 2. The third kappa shape index (κ3) is 5.07. The van der Waals surface area contributed by atoms with E-state index >= 15 is 0 Å². The van der Waals surface area contributed by atoms with E-state index in [0.29, 0.717) is 38.5 Å². The van der Waals surface area contributed by atoms with Crippen molar-refractivity contribution >= 4 is 23.4 Å². The van der Waals surface area contributed by atoms with Gasteiger partial charge in [-0.15, -0.1) is 0 Å². The van der Waals surface area contributed by atoms with Crippen molar-refractivity contribution in [3.63, 3.8) is 0 Å². The summed E-state index contributed by atoms with van der Waals surface area (Å²) in [6.45, 7) is 7.74. The van der Waals surface area contributed by atoms with Crippen LogP contribution in [0.25, 0.3) is 0 Å². The molecule has 0 atom stereocenters. The van der Waals surface area contributed by atoms with Crippen molar-refractivity contribution in [1.82, 2.24) is 5.32 Å². The van der Waals surface area contributed by atoms with Crippen LogP contribution in [0.1, 0.15) is 37.0 Å². The van der Waals surface area contributed by atoms with Crippen LogP contribution in [0.4, 0.5) is 16.2 Å². The average Bonchev–Trinajstić information content (AvgIpc) is 3.17. The van der Waals surface area contributed by atoms with Gasteiger partial charge in [-0.25, -0.2) is 4.79 Å². The summed E-state index contributed by atoms with van der Waals surface area (Å²) in [5, 5.41) is 3.38. The Morgan fingerprint density at radius 1 is 1.03 bits per heavy atom. The third-order valence-electron chi connectivity index (χ3n) is 5.84. The number of esters is 1. The van der Waals surface area contributed by atoms with E-state index in [2.05, 4.69) is 23.5 Å². The molecule has 2 aliphatic heterocycles. The Kier molecular flexibility index (Phi) is 6.56. The molecule has 0 aliphatic carbocycles. The molecule has 2 aliphatic rings. The van der Waals surface area contributed by atoms with Crippen LogP contribution < -0.4 is 15.1 Å². The van der Waals surface area contributed by atoms with E-state index in [4.69, 9.17) is 4.74 Å². The zero-order chi connectivity index (χ0) is 21.8. The van der Waals surface area contributed by atoms with Crippen LogP contribution in [0, 0.1) is 5.92 Å². The van der Waals surface area contributed by atoms with Gasteiger partial charge < -0.3 is 10.1 Å². The van der Waals surface area contributed by atoms with Gasteiger partial charge in [-0.05, 0) is 66.3 Å². The second-order valence-corrected chi connectivity index (χ2v) is 8.71. The van der Waals surface area contributed by atoms with E-state index in [1.807, 2.05) is 47.9 Å². The molecule has 6 nitrogen and oxygen atoms in total. The maximum atomic E-state index is 13.1. The van der Waals surface area contributed by atoms with Gasteiger partial charge in [-0.3, -0.25) is 14.6 Å². The van der Waals surface area contributed by atoms with Crippen molar-refractivity contribution in [2.45, 2.75) is 39.7 Å². The number of aryl methyl sites for hydroxylation is 1. The minimum atomic E-state index is -0.163. The largest absolute Gasteiger partial charge is 0.465 e. The molecule has 0 unspecified atom stereocenters. The number of hydrogen-bond donors (Lipinski definition) is 1. The summed E-state index contributed by atoms with van der Waals surface area (Å²) in [7, 11) is 0. The van der Waals surface area contributed by atoms with E-state index in [-0.39, 0.29) is 12.0 Å². The zero-order valence-corrected chi connectivity index (χ0v) is 18.4. The van der Waals surface area contributed by atoms with Crippen LogP contribution in [-0.4, -0.2) is 38.2 Å². The Morgan fingerprint density at radius 2 is 1.74 bits per heavy atom. The number of fused-ring (bicyclic) bond motifs is 1. The van der Waals surface area contributed by atoms with Gasteiger partial charge in [0.1, 0.15) is 0 Å². The topological polar surface area (TPSA) is 61.9 Å². The molecule has 2 aromatic carbocycles. The Labute approximate surface area is 184 Å². The quantitative estimate of drug-likeness (QED) is 0.689. The van der Waals surface area contributed by atoms with E-state index in [1.165, 1.54) is 11.1 Å². The monoisotopic (exact) mass is 421 g/mol. The Morgan fingerprint density at radius 3 is 2.48 bits per heavy atom. The number of hydrogen-bond acceptors (Lipinski definition) is 4. The molecular weight excluding hydrogens is 390 g/mol. The smallest absolute Gasteiger partial charge is 0.329 e. The summed E-state index contributed by atoms with van der Waals surface area (Å²) in [5.74, 6) is 0.183. The molecule has 0 radical (unpaired) electrons. The number of ether oxygens (including phenoxy) is 1. The van der Waals surface area contributed by atoms with Crippen molar-refractivity contribution in [2.24, 2.45) is 5.92 Å². The molecule has 0 saturated carbocycles. The van der Waals surface area contributed by atoms with Crippen molar-refractivity contribution in [3.05, 3.63) is 59.2 Å².